The zero-order chi connectivity index (χ0) is 21.3. The minimum atomic E-state index is -0.106. The summed E-state index contributed by atoms with van der Waals surface area (Å²) in [6.07, 6.45) is 2.39. The van der Waals surface area contributed by atoms with Gasteiger partial charge >= 0.3 is 0 Å². The van der Waals surface area contributed by atoms with E-state index in [1.807, 2.05) is 61.5 Å². The van der Waals surface area contributed by atoms with E-state index in [0.29, 0.717) is 11.6 Å². The van der Waals surface area contributed by atoms with Gasteiger partial charge in [0, 0.05) is 27.4 Å². The van der Waals surface area contributed by atoms with Crippen molar-refractivity contribution in [2.45, 2.75) is 38.0 Å². The predicted octanol–water partition coefficient (Wildman–Crippen LogP) is 5.98. The van der Waals surface area contributed by atoms with Crippen LogP contribution >= 0.6 is 23.1 Å². The molecule has 0 aliphatic heterocycles. The summed E-state index contributed by atoms with van der Waals surface area (Å²) in [5.41, 5.74) is 2.69. The number of benzene rings is 2. The van der Waals surface area contributed by atoms with Gasteiger partial charge in [-0.05, 0) is 31.5 Å². The topological polar surface area (TPSA) is 71.1 Å². The first kappa shape index (κ1) is 22.1. The van der Waals surface area contributed by atoms with Gasteiger partial charge in [0.05, 0.1) is 11.4 Å². The van der Waals surface area contributed by atoms with Crippen LogP contribution in [0.15, 0.2) is 59.5 Å². The molecule has 0 atom stereocenters. The van der Waals surface area contributed by atoms with E-state index in [1.54, 1.807) is 0 Å². The third kappa shape index (κ3) is 6.43. The summed E-state index contributed by atoms with van der Waals surface area (Å²) >= 11 is 2.90. The molecular formula is C23H25N3O2S2. The van der Waals surface area contributed by atoms with Gasteiger partial charge in [-0.25, -0.2) is 4.98 Å². The molecule has 0 spiro atoms. The second-order valence-electron chi connectivity index (χ2n) is 6.81. The molecule has 0 radical (unpaired) electrons. The Morgan fingerprint density at radius 1 is 1.03 bits per heavy atom. The molecule has 2 aromatic carbocycles. The summed E-state index contributed by atoms with van der Waals surface area (Å²) in [5.74, 6) is 0.183. The second-order valence-corrected chi connectivity index (χ2v) is 9.06. The van der Waals surface area contributed by atoms with Crippen LogP contribution in [0, 0.1) is 6.92 Å². The highest BCUT2D eigenvalue weighted by atomic mass is 32.2. The zero-order valence-corrected chi connectivity index (χ0v) is 18.7. The summed E-state index contributed by atoms with van der Waals surface area (Å²) in [7, 11) is 0. The van der Waals surface area contributed by atoms with Crippen molar-refractivity contribution in [3.05, 3.63) is 59.5 Å². The highest BCUT2D eigenvalue weighted by molar-refractivity contribution is 8.00. The smallest absolute Gasteiger partial charge is 0.236 e. The third-order valence-corrected chi connectivity index (χ3v) is 6.22. The Hall–Kier alpha value is -2.64. The molecule has 1 heterocycles. The molecule has 7 heteroatoms. The van der Waals surface area contributed by atoms with E-state index in [9.17, 15) is 9.59 Å². The largest absolute Gasteiger partial charge is 0.326 e. The van der Waals surface area contributed by atoms with Crippen molar-refractivity contribution in [2.24, 2.45) is 0 Å². The van der Waals surface area contributed by atoms with Gasteiger partial charge < -0.3 is 10.6 Å². The number of hydrogen-bond donors (Lipinski definition) is 2. The molecule has 2 amide bonds. The summed E-state index contributed by atoms with van der Waals surface area (Å²) in [6.45, 7) is 4.07. The van der Waals surface area contributed by atoms with Crippen LogP contribution in [0.2, 0.25) is 0 Å². The molecular weight excluding hydrogens is 414 g/mol. The lowest BCUT2D eigenvalue weighted by molar-refractivity contribution is -0.116. The molecule has 0 bridgehead atoms. The number of anilines is 2. The van der Waals surface area contributed by atoms with Crippen LogP contribution in [-0.4, -0.2) is 22.6 Å². The van der Waals surface area contributed by atoms with E-state index in [-0.39, 0.29) is 17.6 Å². The lowest BCUT2D eigenvalue weighted by Gasteiger charge is -2.07. The lowest BCUT2D eigenvalue weighted by atomic mass is 10.1. The fraction of sp³-hybridized carbons (Fsp3) is 0.261. The second kappa shape index (κ2) is 10.9. The Balaban J connectivity index is 1.54. The quantitative estimate of drug-likeness (QED) is 0.403. The van der Waals surface area contributed by atoms with Crippen molar-refractivity contribution < 1.29 is 9.59 Å². The number of aryl methyl sites for hydroxylation is 1. The van der Waals surface area contributed by atoms with Crippen LogP contribution in [-0.2, 0) is 9.59 Å². The monoisotopic (exact) mass is 439 g/mol. The van der Waals surface area contributed by atoms with Crippen molar-refractivity contribution in [2.75, 3.05) is 16.4 Å². The van der Waals surface area contributed by atoms with Crippen molar-refractivity contribution in [3.8, 4) is 11.3 Å². The number of nitrogens with zero attached hydrogens (tertiary/aromatic N) is 1. The molecule has 3 aromatic rings. The Morgan fingerprint density at radius 3 is 2.60 bits per heavy atom. The van der Waals surface area contributed by atoms with E-state index in [4.69, 9.17) is 0 Å². The SMILES string of the molecule is CCCCC(=O)Nc1cccc(SCC(=O)Nc2nc(-c3ccccc3)c(C)s2)c1. The number of thioether (sulfide) groups is 1. The fourth-order valence-electron chi connectivity index (χ4n) is 2.84. The minimum Gasteiger partial charge on any atom is -0.326 e. The number of carbonyl (C=O) groups is 2. The van der Waals surface area contributed by atoms with Gasteiger partial charge in [0.25, 0.3) is 0 Å². The first-order chi connectivity index (χ1) is 14.5. The maximum absolute atomic E-state index is 12.4. The van der Waals surface area contributed by atoms with Crippen LogP contribution in [0.4, 0.5) is 10.8 Å². The molecule has 0 aliphatic rings. The van der Waals surface area contributed by atoms with Crippen molar-refractivity contribution in [1.82, 2.24) is 4.98 Å². The van der Waals surface area contributed by atoms with Gasteiger partial charge in [-0.15, -0.1) is 23.1 Å². The molecule has 0 aliphatic carbocycles. The third-order valence-electron chi connectivity index (χ3n) is 4.34. The number of aromatic nitrogens is 1. The summed E-state index contributed by atoms with van der Waals surface area (Å²) < 4.78 is 0. The Kier molecular flexibility index (Phi) is 8.04. The first-order valence-electron chi connectivity index (χ1n) is 9.90. The van der Waals surface area contributed by atoms with Crippen LogP contribution in [0.1, 0.15) is 31.1 Å². The Morgan fingerprint density at radius 2 is 1.83 bits per heavy atom. The number of unbranched alkanes of at least 4 members (excludes halogenated alkanes) is 1. The van der Waals surface area contributed by atoms with Gasteiger partial charge in [-0.1, -0.05) is 49.7 Å². The number of thiazole rings is 1. The maximum atomic E-state index is 12.4. The average molecular weight is 440 g/mol. The molecule has 30 heavy (non-hydrogen) atoms. The van der Waals surface area contributed by atoms with E-state index < -0.39 is 0 Å². The highest BCUT2D eigenvalue weighted by Gasteiger charge is 2.12. The predicted molar refractivity (Wildman–Crippen MR) is 126 cm³/mol. The molecule has 5 nitrogen and oxygen atoms in total. The number of rotatable bonds is 9. The number of amides is 2. The molecule has 3 rings (SSSR count). The van der Waals surface area contributed by atoms with Gasteiger partial charge in [0.2, 0.25) is 11.8 Å². The summed E-state index contributed by atoms with van der Waals surface area (Å²) in [4.78, 5) is 30.9. The Labute approximate surface area is 185 Å². The molecule has 156 valence electrons. The maximum Gasteiger partial charge on any atom is 0.236 e. The normalized spacial score (nSPS) is 10.6. The van der Waals surface area contributed by atoms with Crippen molar-refractivity contribution in [1.29, 1.82) is 0 Å². The molecule has 0 unspecified atom stereocenters. The standard InChI is InChI=1S/C23H25N3O2S2/c1-3-4-13-20(27)24-18-11-8-12-19(14-18)29-15-21(28)25-23-26-22(16(2)30-23)17-9-6-5-7-10-17/h5-12,14H,3-4,13,15H2,1-2H3,(H,24,27)(H,25,26,28). The number of carbonyl (C=O) groups excluding carboxylic acids is 2. The average Bonchev–Trinajstić information content (AvgIpc) is 3.11. The molecule has 2 N–H and O–H groups in total. The van der Waals surface area contributed by atoms with Crippen LogP contribution < -0.4 is 10.6 Å². The van der Waals surface area contributed by atoms with Crippen LogP contribution in [0.25, 0.3) is 11.3 Å². The van der Waals surface area contributed by atoms with Gasteiger partial charge in [0.15, 0.2) is 5.13 Å². The van der Waals surface area contributed by atoms with E-state index in [2.05, 4.69) is 22.5 Å². The first-order valence-corrected chi connectivity index (χ1v) is 11.7. The summed E-state index contributed by atoms with van der Waals surface area (Å²) in [5, 5.41) is 6.40. The molecule has 1 aromatic heterocycles. The fourth-order valence-corrected chi connectivity index (χ4v) is 4.45. The van der Waals surface area contributed by atoms with Crippen LogP contribution in [0.3, 0.4) is 0 Å². The zero-order valence-electron chi connectivity index (χ0n) is 17.1. The van der Waals surface area contributed by atoms with Gasteiger partial charge in [-0.3, -0.25) is 9.59 Å². The van der Waals surface area contributed by atoms with Gasteiger partial charge in [0.1, 0.15) is 0 Å². The minimum absolute atomic E-state index is 0.0186. The molecule has 0 saturated heterocycles. The number of nitrogens with one attached hydrogen (secondary N) is 2. The van der Waals surface area contributed by atoms with Crippen molar-refractivity contribution >= 4 is 45.7 Å². The molecule has 0 saturated carbocycles. The van der Waals surface area contributed by atoms with Crippen molar-refractivity contribution in [3.63, 3.8) is 0 Å². The van der Waals surface area contributed by atoms with Crippen LogP contribution in [0.5, 0.6) is 0 Å². The Bertz CT molecular complexity index is 1000. The van der Waals surface area contributed by atoms with E-state index in [1.165, 1.54) is 23.1 Å². The lowest BCUT2D eigenvalue weighted by Crippen LogP contribution is -2.14. The van der Waals surface area contributed by atoms with Gasteiger partial charge in [-0.2, -0.15) is 0 Å². The number of hydrogen-bond acceptors (Lipinski definition) is 5. The summed E-state index contributed by atoms with van der Waals surface area (Å²) in [6, 6.07) is 17.5. The van der Waals surface area contributed by atoms with E-state index >= 15 is 0 Å². The van der Waals surface area contributed by atoms with E-state index in [0.717, 1.165) is 39.6 Å². The molecule has 0 fully saturated rings. The highest BCUT2D eigenvalue weighted by Crippen LogP contribution is 2.30.